The van der Waals surface area contributed by atoms with Gasteiger partial charge in [0.1, 0.15) is 30.0 Å². The SMILES string of the molecule is COC(=O)NC(C(=O)N1CCC[C@H]1c1nc2cc([C@H]3CC[C@H](c4ccc5[nH]c([C@@H]6CCCN6C(=O)C(NC(=O)OC)C(C)C)nc5c4)N3c3ccc(-c4ncco4)cc3)ccc2[nH]1)C(C)C. The third-order valence-electron chi connectivity index (χ3n) is 13.5. The first-order valence-electron chi connectivity index (χ1n) is 23.0. The van der Waals surface area contributed by atoms with E-state index in [0.29, 0.717) is 19.0 Å². The van der Waals surface area contributed by atoms with E-state index in [2.05, 4.69) is 79.0 Å². The molecular weight excluding hydrogens is 841 g/mol. The zero-order valence-corrected chi connectivity index (χ0v) is 38.2. The number of aromatic amines is 2. The van der Waals surface area contributed by atoms with Crippen LogP contribution in [0.3, 0.4) is 0 Å². The van der Waals surface area contributed by atoms with Gasteiger partial charge in [0, 0.05) is 24.3 Å². The van der Waals surface area contributed by atoms with E-state index in [4.69, 9.17) is 23.9 Å². The zero-order chi connectivity index (χ0) is 46.2. The number of likely N-dealkylation sites (tertiary alicyclic amines) is 2. The highest BCUT2D eigenvalue weighted by Crippen LogP contribution is 2.48. The number of H-pyrrole nitrogens is 2. The van der Waals surface area contributed by atoms with E-state index in [0.717, 1.165) is 94.6 Å². The number of fused-ring (bicyclic) bond motifs is 2. The van der Waals surface area contributed by atoms with Crippen LogP contribution in [0.15, 0.2) is 77.5 Å². The van der Waals surface area contributed by atoms with Crippen LogP contribution in [-0.2, 0) is 19.1 Å². The number of rotatable bonds is 12. The maximum atomic E-state index is 13.9. The van der Waals surface area contributed by atoms with E-state index >= 15 is 0 Å². The molecule has 17 heteroatoms. The van der Waals surface area contributed by atoms with E-state index in [1.165, 1.54) is 14.2 Å². The lowest BCUT2D eigenvalue weighted by Crippen LogP contribution is -2.51. The van der Waals surface area contributed by atoms with Gasteiger partial charge >= 0.3 is 12.2 Å². The number of imidazole rings is 2. The Labute approximate surface area is 383 Å². The molecule has 6 aromatic rings. The summed E-state index contributed by atoms with van der Waals surface area (Å²) in [6.07, 6.45) is 6.88. The molecular formula is C49H58N10O7. The fraction of sp³-hybridized carbons (Fsp3) is 0.449. The first-order valence-corrected chi connectivity index (χ1v) is 23.0. The van der Waals surface area contributed by atoms with Crippen molar-refractivity contribution < 1.29 is 33.1 Å². The van der Waals surface area contributed by atoms with Gasteiger partial charge in [0.05, 0.1) is 66.7 Å². The highest BCUT2D eigenvalue weighted by atomic mass is 16.5. The molecule has 4 N–H and O–H groups in total. The summed E-state index contributed by atoms with van der Waals surface area (Å²) >= 11 is 0. The van der Waals surface area contributed by atoms with Crippen molar-refractivity contribution in [1.82, 2.24) is 45.4 Å². The average Bonchev–Trinajstić information content (AvgIpc) is 4.18. The lowest BCUT2D eigenvalue weighted by Gasteiger charge is -2.33. The average molecular weight is 899 g/mol. The zero-order valence-electron chi connectivity index (χ0n) is 38.2. The molecule has 9 rings (SSSR count). The van der Waals surface area contributed by atoms with Crippen LogP contribution in [0.5, 0.6) is 0 Å². The topological polar surface area (TPSA) is 204 Å². The second kappa shape index (κ2) is 18.5. The Hall–Kier alpha value is -6.91. The number of nitrogens with zero attached hydrogens (tertiary/aromatic N) is 6. The number of ether oxygens (including phenoxy) is 2. The molecule has 0 bridgehead atoms. The first-order chi connectivity index (χ1) is 31.9. The summed E-state index contributed by atoms with van der Waals surface area (Å²) in [5.74, 6) is 1.45. The predicted octanol–water partition coefficient (Wildman–Crippen LogP) is 8.27. The van der Waals surface area contributed by atoms with E-state index < -0.39 is 24.3 Å². The van der Waals surface area contributed by atoms with Crippen LogP contribution in [0.2, 0.25) is 0 Å². The van der Waals surface area contributed by atoms with Gasteiger partial charge in [0.2, 0.25) is 17.7 Å². The molecule has 346 valence electrons. The Balaban J connectivity index is 1.01. The summed E-state index contributed by atoms with van der Waals surface area (Å²) in [4.78, 5) is 79.9. The molecule has 17 nitrogen and oxygen atoms in total. The normalized spacial score (nSPS) is 20.7. The summed E-state index contributed by atoms with van der Waals surface area (Å²) in [6, 6.07) is 19.2. The predicted molar refractivity (Wildman–Crippen MR) is 247 cm³/mol. The molecule has 3 aliphatic heterocycles. The van der Waals surface area contributed by atoms with Crippen LogP contribution in [-0.4, -0.2) is 98.1 Å². The number of amides is 4. The number of carbonyl (C=O) groups excluding carboxylic acids is 4. The largest absolute Gasteiger partial charge is 0.453 e. The Morgan fingerprint density at radius 1 is 0.667 bits per heavy atom. The van der Waals surface area contributed by atoms with Crippen molar-refractivity contribution in [3.63, 3.8) is 0 Å². The van der Waals surface area contributed by atoms with Crippen LogP contribution in [0.1, 0.15) is 113 Å². The van der Waals surface area contributed by atoms with Gasteiger partial charge in [-0.1, -0.05) is 39.8 Å². The van der Waals surface area contributed by atoms with Crippen molar-refractivity contribution in [2.24, 2.45) is 11.8 Å². The molecule has 66 heavy (non-hydrogen) atoms. The monoisotopic (exact) mass is 898 g/mol. The number of alkyl carbamates (subject to hydrolysis) is 2. The van der Waals surface area contributed by atoms with Crippen LogP contribution in [0.4, 0.5) is 15.3 Å². The third kappa shape index (κ3) is 8.53. The second-order valence-corrected chi connectivity index (χ2v) is 18.3. The minimum Gasteiger partial charge on any atom is -0.453 e. The quantitative estimate of drug-likeness (QED) is 0.0921. The van der Waals surface area contributed by atoms with Crippen molar-refractivity contribution in [3.05, 3.63) is 95.9 Å². The van der Waals surface area contributed by atoms with Crippen molar-refractivity contribution in [2.75, 3.05) is 32.2 Å². The molecule has 3 saturated heterocycles. The first kappa shape index (κ1) is 44.3. The molecule has 0 radical (unpaired) electrons. The fourth-order valence-corrected chi connectivity index (χ4v) is 10.2. The maximum Gasteiger partial charge on any atom is 0.407 e. The highest BCUT2D eigenvalue weighted by Gasteiger charge is 2.40. The van der Waals surface area contributed by atoms with Crippen molar-refractivity contribution in [1.29, 1.82) is 0 Å². The Bertz CT molecular complexity index is 2570. The maximum absolute atomic E-state index is 13.9. The standard InChI is InChI=1S/C49H58N10O7/c1-27(2)41(55-48(62)64-5)46(60)57-22-7-9-39(57)43-51-33-17-13-30(25-35(33)53-43)37-19-20-38(59(37)32-15-11-29(12-16-32)45-50-21-24-66-45)31-14-18-34-36(26-31)54-44(52-34)40-10-8-23-58(40)47(61)42(28(3)4)56-49(63)65-6/h11-18,21,24-28,37-42H,7-10,19-20,22-23H2,1-6H3,(H,51,53)(H,52,54)(H,55,62)(H,56,63)/t37-,38-,39+,40+,41?,42?/m1/s1. The van der Waals surface area contributed by atoms with E-state index in [1.807, 2.05) is 49.6 Å². The fourth-order valence-electron chi connectivity index (χ4n) is 10.2. The smallest absolute Gasteiger partial charge is 0.407 e. The number of methoxy groups -OCH3 is 2. The molecule has 3 aliphatic rings. The summed E-state index contributed by atoms with van der Waals surface area (Å²) in [7, 11) is 2.59. The third-order valence-corrected chi connectivity index (χ3v) is 13.5. The van der Waals surface area contributed by atoms with Crippen LogP contribution in [0, 0.1) is 11.8 Å². The van der Waals surface area contributed by atoms with E-state index in [1.54, 1.807) is 12.5 Å². The van der Waals surface area contributed by atoms with Crippen LogP contribution >= 0.6 is 0 Å². The molecule has 0 aliphatic carbocycles. The number of benzene rings is 3. The highest BCUT2D eigenvalue weighted by molar-refractivity contribution is 5.88. The Morgan fingerprint density at radius 2 is 1.15 bits per heavy atom. The summed E-state index contributed by atoms with van der Waals surface area (Å²) in [5, 5.41) is 5.47. The van der Waals surface area contributed by atoms with Gasteiger partial charge in [0.25, 0.3) is 0 Å². The second-order valence-electron chi connectivity index (χ2n) is 18.3. The molecule has 3 fully saturated rings. The van der Waals surface area contributed by atoms with Gasteiger partial charge < -0.3 is 49.2 Å². The van der Waals surface area contributed by atoms with Gasteiger partial charge in [-0.15, -0.1) is 0 Å². The van der Waals surface area contributed by atoms with Gasteiger partial charge in [-0.3, -0.25) is 9.59 Å². The Morgan fingerprint density at radius 3 is 1.58 bits per heavy atom. The van der Waals surface area contributed by atoms with Gasteiger partial charge in [-0.05, 0) is 110 Å². The number of nitrogens with one attached hydrogen (secondary N) is 4. The number of oxazole rings is 1. The molecule has 3 aromatic heterocycles. The molecule has 4 amide bonds. The van der Waals surface area contributed by atoms with Crippen LogP contribution in [0.25, 0.3) is 33.5 Å². The molecule has 2 unspecified atom stereocenters. The van der Waals surface area contributed by atoms with Crippen molar-refractivity contribution in [3.8, 4) is 11.5 Å². The summed E-state index contributed by atoms with van der Waals surface area (Å²) in [5.41, 5.74) is 7.59. The number of carbonyl (C=O) groups is 4. The molecule has 3 aromatic carbocycles. The van der Waals surface area contributed by atoms with Crippen molar-refractivity contribution in [2.45, 2.75) is 102 Å². The minimum absolute atomic E-state index is 0.00361. The molecule has 6 atom stereocenters. The summed E-state index contributed by atoms with van der Waals surface area (Å²) in [6.45, 7) is 8.78. The molecule has 0 saturated carbocycles. The minimum atomic E-state index is -0.718. The van der Waals surface area contributed by atoms with E-state index in [-0.39, 0.29) is 47.8 Å². The molecule has 0 spiro atoms. The summed E-state index contributed by atoms with van der Waals surface area (Å²) < 4.78 is 15.3. The molecule has 6 heterocycles. The van der Waals surface area contributed by atoms with Gasteiger partial charge in [-0.25, -0.2) is 24.5 Å². The number of hydrogen-bond acceptors (Lipinski definition) is 11. The Kier molecular flexibility index (Phi) is 12.4. The number of hydrogen-bond donors (Lipinski definition) is 4. The van der Waals surface area contributed by atoms with Gasteiger partial charge in [-0.2, -0.15) is 0 Å². The van der Waals surface area contributed by atoms with Crippen molar-refractivity contribution >= 4 is 51.8 Å². The van der Waals surface area contributed by atoms with E-state index in [9.17, 15) is 19.2 Å². The number of anilines is 1. The lowest BCUT2D eigenvalue weighted by atomic mass is 10.0. The van der Waals surface area contributed by atoms with Crippen LogP contribution < -0.4 is 15.5 Å². The van der Waals surface area contributed by atoms with Gasteiger partial charge in [0.15, 0.2) is 0 Å². The number of aromatic nitrogens is 5. The lowest BCUT2D eigenvalue weighted by molar-refractivity contribution is -0.136.